The zero-order valence-corrected chi connectivity index (χ0v) is 23.0. The summed E-state index contributed by atoms with van der Waals surface area (Å²) in [5.74, 6) is -3.49. The molecule has 2 aromatic carbocycles. The van der Waals surface area contributed by atoms with Crippen molar-refractivity contribution in [1.82, 2.24) is 20.2 Å². The Bertz CT molecular complexity index is 1590. The number of carbonyl (C=O) groups excluding carboxylic acids is 3. The molecule has 3 amide bonds. The average Bonchev–Trinajstić information content (AvgIpc) is 3.66. The molecule has 0 radical (unpaired) electrons. The Hall–Kier alpha value is -4.64. The Balaban J connectivity index is 0.00000113. The fraction of sp³-hybridized carbons (Fsp3) is 0.290. The van der Waals surface area contributed by atoms with Gasteiger partial charge in [0.25, 0.3) is 5.92 Å². The molecule has 42 heavy (non-hydrogen) atoms. The molecule has 0 spiro atoms. The summed E-state index contributed by atoms with van der Waals surface area (Å²) in [6, 6.07) is 14.3. The molecule has 1 aliphatic carbocycles. The number of ether oxygens (including phenoxy) is 1. The number of H-pyrrole nitrogens is 1. The number of carbonyl (C=O) groups is 3. The van der Waals surface area contributed by atoms with Gasteiger partial charge in [0.2, 0.25) is 18.2 Å². The summed E-state index contributed by atoms with van der Waals surface area (Å²) in [6.45, 7) is 1.13. The van der Waals surface area contributed by atoms with Crippen LogP contribution in [0.3, 0.4) is 0 Å². The highest BCUT2D eigenvalue weighted by Gasteiger charge is 2.44. The van der Waals surface area contributed by atoms with Crippen LogP contribution >= 0.6 is 0 Å². The molecule has 2 unspecified atom stereocenters. The molecule has 1 aliphatic heterocycles. The van der Waals surface area contributed by atoms with E-state index in [2.05, 4.69) is 21.0 Å². The third-order valence-electron chi connectivity index (χ3n) is 7.68. The fourth-order valence-electron chi connectivity index (χ4n) is 5.84. The molecule has 0 saturated carbocycles. The predicted octanol–water partition coefficient (Wildman–Crippen LogP) is 3.51. The third kappa shape index (κ3) is 5.60. The number of amides is 3. The molecule has 1 fully saturated rings. The number of primary amides is 1. The van der Waals surface area contributed by atoms with Crippen molar-refractivity contribution in [3.8, 4) is 11.1 Å². The van der Waals surface area contributed by atoms with Crippen LogP contribution in [-0.4, -0.2) is 59.4 Å². The minimum Gasteiger partial charge on any atom is -0.384 e. The van der Waals surface area contributed by atoms with Gasteiger partial charge >= 0.3 is 0 Å². The summed E-state index contributed by atoms with van der Waals surface area (Å²) in [4.78, 5) is 44.3. The van der Waals surface area contributed by atoms with E-state index in [0.717, 1.165) is 16.6 Å². The van der Waals surface area contributed by atoms with E-state index in [0.29, 0.717) is 42.8 Å². The lowest BCUT2D eigenvalue weighted by atomic mass is 10.0. The van der Waals surface area contributed by atoms with E-state index in [4.69, 9.17) is 9.53 Å². The Labute approximate surface area is 241 Å². The highest BCUT2D eigenvalue weighted by Crippen LogP contribution is 2.51. The second-order valence-electron chi connectivity index (χ2n) is 10.4. The molecule has 4 aromatic rings. The SMILES string of the molecule is COCC1CC(C(=O)NCc2cc3cnccc3[nH]2)N(C(=O)Cc2ccc3c(c2)-c2ccccc2C3(F)F)C1.NC=O. The van der Waals surface area contributed by atoms with Gasteiger partial charge in [0.1, 0.15) is 6.04 Å². The van der Waals surface area contributed by atoms with Crippen molar-refractivity contribution in [2.24, 2.45) is 11.7 Å². The van der Waals surface area contributed by atoms with Crippen molar-refractivity contribution in [3.05, 3.63) is 89.4 Å². The molecular weight excluding hydrogens is 544 g/mol. The maximum absolute atomic E-state index is 14.9. The zero-order chi connectivity index (χ0) is 29.9. The lowest BCUT2D eigenvalue weighted by molar-refractivity contribution is -0.138. The van der Waals surface area contributed by atoms with Gasteiger partial charge in [0, 0.05) is 59.7 Å². The van der Waals surface area contributed by atoms with Gasteiger partial charge in [-0.15, -0.1) is 0 Å². The molecule has 6 rings (SSSR count). The van der Waals surface area contributed by atoms with Crippen molar-refractivity contribution in [2.45, 2.75) is 31.4 Å². The smallest absolute Gasteiger partial charge is 0.299 e. The van der Waals surface area contributed by atoms with Crippen LogP contribution in [0, 0.1) is 5.92 Å². The van der Waals surface area contributed by atoms with E-state index in [-0.39, 0.29) is 41.7 Å². The molecule has 0 bridgehead atoms. The maximum atomic E-state index is 14.9. The van der Waals surface area contributed by atoms with Gasteiger partial charge in [-0.05, 0) is 35.2 Å². The van der Waals surface area contributed by atoms with Gasteiger partial charge in [0.15, 0.2) is 0 Å². The number of hydrogen-bond acceptors (Lipinski definition) is 5. The molecule has 9 nitrogen and oxygen atoms in total. The first-order valence-corrected chi connectivity index (χ1v) is 13.5. The van der Waals surface area contributed by atoms with E-state index >= 15 is 0 Å². The summed E-state index contributed by atoms with van der Waals surface area (Å²) in [5, 5.41) is 3.91. The molecule has 2 aromatic heterocycles. The van der Waals surface area contributed by atoms with Crippen LogP contribution < -0.4 is 11.1 Å². The molecule has 11 heteroatoms. The van der Waals surface area contributed by atoms with E-state index in [1.165, 1.54) is 12.1 Å². The number of alkyl halides is 2. The highest BCUT2D eigenvalue weighted by atomic mass is 19.3. The summed E-state index contributed by atoms with van der Waals surface area (Å²) in [7, 11) is 1.60. The number of halogens is 2. The van der Waals surface area contributed by atoms with Gasteiger partial charge in [-0.1, -0.05) is 42.5 Å². The van der Waals surface area contributed by atoms with Gasteiger partial charge in [-0.25, -0.2) is 0 Å². The lowest BCUT2D eigenvalue weighted by Crippen LogP contribution is -2.46. The van der Waals surface area contributed by atoms with Gasteiger partial charge in [-0.3, -0.25) is 19.4 Å². The number of benzene rings is 2. The topological polar surface area (TPSA) is 130 Å². The quantitative estimate of drug-likeness (QED) is 0.291. The monoisotopic (exact) mass is 575 g/mol. The number of rotatable bonds is 7. The first-order valence-electron chi connectivity index (χ1n) is 13.5. The summed E-state index contributed by atoms with van der Waals surface area (Å²) in [6.07, 6.45) is 4.21. The Kier molecular flexibility index (Phi) is 8.30. The van der Waals surface area contributed by atoms with Gasteiger partial charge in [0.05, 0.1) is 19.6 Å². The largest absolute Gasteiger partial charge is 0.384 e. The van der Waals surface area contributed by atoms with Gasteiger partial charge < -0.3 is 25.7 Å². The number of aromatic nitrogens is 2. The number of aromatic amines is 1. The Morgan fingerprint density at radius 1 is 1.17 bits per heavy atom. The van der Waals surface area contributed by atoms with Crippen molar-refractivity contribution in [1.29, 1.82) is 0 Å². The van der Waals surface area contributed by atoms with Crippen molar-refractivity contribution in [2.75, 3.05) is 20.3 Å². The molecule has 1 saturated heterocycles. The number of fused-ring (bicyclic) bond motifs is 4. The van der Waals surface area contributed by atoms with Crippen LogP contribution in [0.4, 0.5) is 8.78 Å². The molecule has 3 heterocycles. The van der Waals surface area contributed by atoms with Crippen LogP contribution in [0.2, 0.25) is 0 Å². The minimum atomic E-state index is -3.07. The zero-order valence-electron chi connectivity index (χ0n) is 23.0. The van der Waals surface area contributed by atoms with E-state index < -0.39 is 12.0 Å². The molecule has 218 valence electrons. The fourth-order valence-corrected chi connectivity index (χ4v) is 5.84. The average molecular weight is 576 g/mol. The Morgan fingerprint density at radius 2 is 1.93 bits per heavy atom. The molecule has 4 N–H and O–H groups in total. The first-order chi connectivity index (χ1) is 20.3. The second kappa shape index (κ2) is 12.1. The number of hydrogen-bond donors (Lipinski definition) is 3. The van der Waals surface area contributed by atoms with Gasteiger partial charge in [-0.2, -0.15) is 8.78 Å². The minimum absolute atomic E-state index is 0.0134. The van der Waals surface area contributed by atoms with E-state index in [1.54, 1.807) is 54.7 Å². The number of methoxy groups -OCH3 is 1. The second-order valence-corrected chi connectivity index (χ2v) is 10.4. The lowest BCUT2D eigenvalue weighted by Gasteiger charge is -2.24. The van der Waals surface area contributed by atoms with Crippen LogP contribution in [0.1, 0.15) is 28.8 Å². The number of pyridine rings is 1. The van der Waals surface area contributed by atoms with Crippen LogP contribution in [-0.2, 0) is 38.0 Å². The number of nitrogens with two attached hydrogens (primary N) is 1. The van der Waals surface area contributed by atoms with Crippen LogP contribution in [0.15, 0.2) is 67.0 Å². The summed E-state index contributed by atoms with van der Waals surface area (Å²) < 4.78 is 35.2. The van der Waals surface area contributed by atoms with Crippen molar-refractivity contribution < 1.29 is 27.9 Å². The normalized spacial score (nSPS) is 18.1. The maximum Gasteiger partial charge on any atom is 0.299 e. The summed E-state index contributed by atoms with van der Waals surface area (Å²) in [5.41, 5.74) is 7.43. The van der Waals surface area contributed by atoms with E-state index in [1.807, 2.05) is 12.1 Å². The Morgan fingerprint density at radius 3 is 2.69 bits per heavy atom. The molecule has 2 aliphatic rings. The van der Waals surface area contributed by atoms with Crippen molar-refractivity contribution >= 4 is 29.1 Å². The van der Waals surface area contributed by atoms with Crippen molar-refractivity contribution in [3.63, 3.8) is 0 Å². The van der Waals surface area contributed by atoms with E-state index in [9.17, 15) is 18.4 Å². The summed E-state index contributed by atoms with van der Waals surface area (Å²) >= 11 is 0. The standard InChI is InChI=1S/C30H28F2N4O3.CH3NO/c1-39-17-19-11-27(29(38)34-15-21-13-20-14-33-9-8-26(20)35-21)36(16-19)28(37)12-18-6-7-25-23(10-18)22-4-2-3-5-24(22)30(25,31)32;2-1-3/h2-10,13-14,19,27,35H,11-12,15-17H2,1H3,(H,34,38);1H,(H2,2,3). The predicted molar refractivity (Wildman–Crippen MR) is 152 cm³/mol. The number of likely N-dealkylation sites (tertiary alicyclic amines) is 1. The van der Waals surface area contributed by atoms with Crippen LogP contribution in [0.5, 0.6) is 0 Å². The highest BCUT2D eigenvalue weighted by molar-refractivity contribution is 5.90. The molecule has 2 atom stereocenters. The first kappa shape index (κ1) is 28.9. The number of nitrogens with zero attached hydrogens (tertiary/aromatic N) is 2. The molecular formula is C31H31F2N5O4. The number of nitrogens with one attached hydrogen (secondary N) is 2. The third-order valence-corrected chi connectivity index (χ3v) is 7.68. The van der Waals surface area contributed by atoms with Crippen LogP contribution in [0.25, 0.3) is 22.0 Å².